The van der Waals surface area contributed by atoms with E-state index in [0.717, 1.165) is 83.5 Å². The lowest BCUT2D eigenvalue weighted by Gasteiger charge is -2.20. The number of nitrogens with one attached hydrogen (secondary N) is 1. The molecule has 3 N–H and O–H groups in total. The number of ether oxygens (including phenoxy) is 1. The van der Waals surface area contributed by atoms with Crippen molar-refractivity contribution in [3.63, 3.8) is 0 Å². The summed E-state index contributed by atoms with van der Waals surface area (Å²) in [6.07, 6.45) is 67.0. The van der Waals surface area contributed by atoms with Gasteiger partial charge in [-0.2, -0.15) is 0 Å². The number of rotatable bonds is 51. The summed E-state index contributed by atoms with van der Waals surface area (Å²) in [5.41, 5.74) is 0. The van der Waals surface area contributed by atoms with Gasteiger partial charge in [0, 0.05) is 12.8 Å². The van der Waals surface area contributed by atoms with Crippen molar-refractivity contribution in [1.82, 2.24) is 5.32 Å². The number of esters is 1. The second-order valence-electron chi connectivity index (χ2n) is 18.9. The molecule has 0 fully saturated rings. The Morgan fingerprint density at radius 1 is 0.438 bits per heavy atom. The van der Waals surface area contributed by atoms with E-state index in [-0.39, 0.29) is 18.5 Å². The zero-order valence-corrected chi connectivity index (χ0v) is 42.5. The molecule has 64 heavy (non-hydrogen) atoms. The van der Waals surface area contributed by atoms with Gasteiger partial charge in [0.15, 0.2) is 0 Å². The van der Waals surface area contributed by atoms with Crippen molar-refractivity contribution >= 4 is 11.9 Å². The molecule has 6 nitrogen and oxygen atoms in total. The standard InChI is InChI=1S/C58H107NO5/c1-3-5-7-9-11-13-15-17-18-19-22-25-28-32-36-40-44-48-52-58(63)64-53-49-45-41-37-33-29-26-23-20-21-24-27-31-35-39-43-47-51-57(62)59-55(54-60)56(61)50-46-42-38-34-30-16-14-12-10-8-6-4-2/h18-20,23,29,33,46,50,55-56,60-61H,3-17,21-22,24-28,30-32,34-45,47-49,51-54H2,1-2H3,(H,59,62)/b19-18-,23-20-,33-29-,50-46+. The second-order valence-corrected chi connectivity index (χ2v) is 18.9. The first-order valence-electron chi connectivity index (χ1n) is 27.9. The summed E-state index contributed by atoms with van der Waals surface area (Å²) < 4.78 is 5.46. The lowest BCUT2D eigenvalue weighted by molar-refractivity contribution is -0.143. The molecule has 0 aliphatic rings. The first kappa shape index (κ1) is 61.8. The number of amides is 1. The molecule has 0 radical (unpaired) electrons. The molecule has 0 rings (SSSR count). The average molecular weight is 898 g/mol. The molecule has 2 unspecified atom stereocenters. The van der Waals surface area contributed by atoms with Crippen molar-refractivity contribution < 1.29 is 24.5 Å². The molecule has 0 aromatic carbocycles. The van der Waals surface area contributed by atoms with Crippen LogP contribution in [0.3, 0.4) is 0 Å². The maximum atomic E-state index is 12.4. The SMILES string of the molecule is CCCCCCCCC/C=C\CCCCCCCCCC(=O)OCCCCC/C=C\C/C=C\CCCCCCCCCC(=O)NC(CO)C(O)/C=C/CCCCCCCCCCCC. The average Bonchev–Trinajstić information content (AvgIpc) is 3.29. The van der Waals surface area contributed by atoms with Gasteiger partial charge in [-0.3, -0.25) is 9.59 Å². The van der Waals surface area contributed by atoms with Crippen LogP contribution in [0.5, 0.6) is 0 Å². The van der Waals surface area contributed by atoms with Crippen LogP contribution in [0.15, 0.2) is 48.6 Å². The maximum Gasteiger partial charge on any atom is 0.305 e. The van der Waals surface area contributed by atoms with Crippen LogP contribution in [0.25, 0.3) is 0 Å². The largest absolute Gasteiger partial charge is 0.466 e. The molecule has 0 aliphatic carbocycles. The highest BCUT2D eigenvalue weighted by atomic mass is 16.5. The van der Waals surface area contributed by atoms with E-state index in [1.165, 1.54) is 173 Å². The normalized spacial score (nSPS) is 13.0. The molecule has 0 spiro atoms. The monoisotopic (exact) mass is 898 g/mol. The number of aliphatic hydroxyl groups excluding tert-OH is 2. The summed E-state index contributed by atoms with van der Waals surface area (Å²) in [4.78, 5) is 24.5. The fourth-order valence-corrected chi connectivity index (χ4v) is 8.25. The van der Waals surface area contributed by atoms with Crippen LogP contribution in [0.1, 0.15) is 284 Å². The van der Waals surface area contributed by atoms with Gasteiger partial charge in [-0.1, -0.05) is 223 Å². The second kappa shape index (κ2) is 53.4. The smallest absolute Gasteiger partial charge is 0.305 e. The third-order valence-corrected chi connectivity index (χ3v) is 12.6. The number of hydrogen-bond donors (Lipinski definition) is 3. The molecule has 0 saturated heterocycles. The highest BCUT2D eigenvalue weighted by Crippen LogP contribution is 2.15. The van der Waals surface area contributed by atoms with E-state index in [9.17, 15) is 19.8 Å². The van der Waals surface area contributed by atoms with E-state index < -0.39 is 12.1 Å². The zero-order chi connectivity index (χ0) is 46.5. The molecule has 0 heterocycles. The lowest BCUT2D eigenvalue weighted by Crippen LogP contribution is -2.45. The Kier molecular flexibility index (Phi) is 51.6. The molecule has 0 saturated carbocycles. The minimum Gasteiger partial charge on any atom is -0.466 e. The summed E-state index contributed by atoms with van der Waals surface area (Å²) in [6.45, 7) is 4.84. The van der Waals surface area contributed by atoms with E-state index in [4.69, 9.17) is 4.74 Å². The molecule has 0 aromatic rings. The Morgan fingerprint density at radius 3 is 1.20 bits per heavy atom. The number of carbonyl (C=O) groups excluding carboxylic acids is 2. The molecular weight excluding hydrogens is 791 g/mol. The summed E-state index contributed by atoms with van der Waals surface area (Å²) in [7, 11) is 0. The quantitative estimate of drug-likeness (QED) is 0.0321. The number of unbranched alkanes of at least 4 members (excludes halogenated alkanes) is 34. The van der Waals surface area contributed by atoms with Gasteiger partial charge in [0.05, 0.1) is 25.4 Å². The van der Waals surface area contributed by atoms with Gasteiger partial charge >= 0.3 is 5.97 Å². The van der Waals surface area contributed by atoms with Gasteiger partial charge in [-0.05, 0) is 96.3 Å². The topological polar surface area (TPSA) is 95.9 Å². The first-order valence-corrected chi connectivity index (χ1v) is 27.9. The summed E-state index contributed by atoms with van der Waals surface area (Å²) in [6, 6.07) is -0.640. The minimum atomic E-state index is -0.855. The predicted octanol–water partition coefficient (Wildman–Crippen LogP) is 17.0. The molecule has 2 atom stereocenters. The Balaban J connectivity index is 3.51. The van der Waals surface area contributed by atoms with Crippen LogP contribution in [0, 0.1) is 0 Å². The Bertz CT molecular complexity index is 1080. The highest BCUT2D eigenvalue weighted by Gasteiger charge is 2.18. The van der Waals surface area contributed by atoms with Crippen molar-refractivity contribution in [3.05, 3.63) is 48.6 Å². The van der Waals surface area contributed by atoms with Crippen molar-refractivity contribution in [2.45, 2.75) is 296 Å². The summed E-state index contributed by atoms with van der Waals surface area (Å²) in [5, 5.41) is 23.0. The van der Waals surface area contributed by atoms with Crippen molar-refractivity contribution in [2.24, 2.45) is 0 Å². The zero-order valence-electron chi connectivity index (χ0n) is 42.5. The molecule has 0 aromatic heterocycles. The number of carbonyl (C=O) groups is 2. The Hall–Kier alpha value is -2.18. The van der Waals surface area contributed by atoms with E-state index in [0.29, 0.717) is 19.4 Å². The first-order chi connectivity index (χ1) is 31.5. The molecular formula is C58H107NO5. The fourth-order valence-electron chi connectivity index (χ4n) is 8.25. The number of allylic oxidation sites excluding steroid dienone is 7. The minimum absolute atomic E-state index is 0.0201. The van der Waals surface area contributed by atoms with Crippen LogP contribution in [-0.2, 0) is 14.3 Å². The van der Waals surface area contributed by atoms with Crippen LogP contribution >= 0.6 is 0 Å². The van der Waals surface area contributed by atoms with Gasteiger partial charge in [-0.15, -0.1) is 0 Å². The highest BCUT2D eigenvalue weighted by molar-refractivity contribution is 5.76. The predicted molar refractivity (Wildman–Crippen MR) is 278 cm³/mol. The Labute approximate surface area is 397 Å². The number of hydrogen-bond acceptors (Lipinski definition) is 5. The van der Waals surface area contributed by atoms with Gasteiger partial charge < -0.3 is 20.3 Å². The molecule has 1 amide bonds. The Morgan fingerprint density at radius 2 is 0.781 bits per heavy atom. The fraction of sp³-hybridized carbons (Fsp3) is 0.828. The van der Waals surface area contributed by atoms with Crippen molar-refractivity contribution in [1.29, 1.82) is 0 Å². The number of aliphatic hydroxyl groups is 2. The lowest BCUT2D eigenvalue weighted by atomic mass is 10.1. The van der Waals surface area contributed by atoms with E-state index in [1.807, 2.05) is 6.08 Å². The van der Waals surface area contributed by atoms with Crippen LogP contribution in [0.2, 0.25) is 0 Å². The van der Waals surface area contributed by atoms with Gasteiger partial charge in [0.1, 0.15) is 0 Å². The van der Waals surface area contributed by atoms with Crippen molar-refractivity contribution in [3.8, 4) is 0 Å². The van der Waals surface area contributed by atoms with Gasteiger partial charge in [0.2, 0.25) is 5.91 Å². The molecule has 374 valence electrons. The maximum absolute atomic E-state index is 12.4. The van der Waals surface area contributed by atoms with Crippen molar-refractivity contribution in [2.75, 3.05) is 13.2 Å². The van der Waals surface area contributed by atoms with Gasteiger partial charge in [0.25, 0.3) is 0 Å². The van der Waals surface area contributed by atoms with E-state index in [2.05, 4.69) is 55.6 Å². The third-order valence-electron chi connectivity index (χ3n) is 12.6. The molecule has 6 heteroatoms. The molecule has 0 bridgehead atoms. The van der Waals surface area contributed by atoms with Crippen LogP contribution in [0.4, 0.5) is 0 Å². The van der Waals surface area contributed by atoms with Gasteiger partial charge in [-0.25, -0.2) is 0 Å². The van der Waals surface area contributed by atoms with E-state index in [1.54, 1.807) is 6.08 Å². The van der Waals surface area contributed by atoms with Crippen LogP contribution in [-0.4, -0.2) is 47.4 Å². The third kappa shape index (κ3) is 49.3. The summed E-state index contributed by atoms with van der Waals surface area (Å²) >= 11 is 0. The van der Waals surface area contributed by atoms with Crippen LogP contribution < -0.4 is 5.32 Å². The molecule has 0 aliphatic heterocycles. The summed E-state index contributed by atoms with van der Waals surface area (Å²) in [5.74, 6) is -0.106. The van der Waals surface area contributed by atoms with E-state index >= 15 is 0 Å².